The summed E-state index contributed by atoms with van der Waals surface area (Å²) in [6, 6.07) is 15.7. The highest BCUT2D eigenvalue weighted by atomic mass is 32.1. The molecule has 0 saturated carbocycles. The molecule has 1 N–H and O–H groups in total. The quantitative estimate of drug-likeness (QED) is 0.623. The van der Waals surface area contributed by atoms with Crippen LogP contribution >= 0.6 is 11.3 Å². The summed E-state index contributed by atoms with van der Waals surface area (Å²) in [5, 5.41) is 3.83. The molecule has 3 aromatic rings. The third kappa shape index (κ3) is 4.81. The number of aromatic nitrogens is 1. The molecule has 1 fully saturated rings. The number of carbonyl (C=O) groups excluding carboxylic acids is 2. The molecule has 2 aromatic carbocycles. The van der Waals surface area contributed by atoms with Crippen molar-refractivity contribution in [3.63, 3.8) is 0 Å². The monoisotopic (exact) mass is 410 g/mol. The summed E-state index contributed by atoms with van der Waals surface area (Å²) in [4.78, 5) is 28.9. The van der Waals surface area contributed by atoms with Crippen LogP contribution in [0.4, 0.5) is 5.69 Å². The Kier molecular flexibility index (Phi) is 5.87. The van der Waals surface area contributed by atoms with Gasteiger partial charge in [-0.05, 0) is 49.6 Å². The lowest BCUT2D eigenvalue weighted by molar-refractivity contribution is -0.162. The van der Waals surface area contributed by atoms with Gasteiger partial charge in [0.1, 0.15) is 0 Å². The second-order valence-corrected chi connectivity index (χ2v) is 8.13. The van der Waals surface area contributed by atoms with Crippen molar-refractivity contribution in [1.29, 1.82) is 0 Å². The highest BCUT2D eigenvalue weighted by Gasteiger charge is 2.28. The molecule has 1 aliphatic heterocycles. The first-order chi connectivity index (χ1) is 14.1. The van der Waals surface area contributed by atoms with Crippen LogP contribution in [-0.2, 0) is 25.5 Å². The van der Waals surface area contributed by atoms with Gasteiger partial charge in [-0.15, -0.1) is 11.3 Å². The van der Waals surface area contributed by atoms with Crippen LogP contribution in [0.3, 0.4) is 0 Å². The predicted molar refractivity (Wildman–Crippen MR) is 112 cm³/mol. The van der Waals surface area contributed by atoms with Crippen molar-refractivity contribution in [3.05, 3.63) is 59.1 Å². The van der Waals surface area contributed by atoms with E-state index in [4.69, 9.17) is 9.47 Å². The average Bonchev–Trinajstić information content (AvgIpc) is 3.39. The van der Waals surface area contributed by atoms with Crippen LogP contribution in [0, 0.1) is 0 Å². The fraction of sp³-hybridized carbons (Fsp3) is 0.318. The van der Waals surface area contributed by atoms with E-state index in [1.807, 2.05) is 42.5 Å². The Bertz CT molecular complexity index is 976. The van der Waals surface area contributed by atoms with Gasteiger partial charge in [-0.1, -0.05) is 24.3 Å². The summed E-state index contributed by atoms with van der Waals surface area (Å²) in [6.45, 7) is 2.12. The maximum absolute atomic E-state index is 12.3. The minimum absolute atomic E-state index is 0.365. The molecule has 150 valence electrons. The summed E-state index contributed by atoms with van der Waals surface area (Å²) in [6.07, 6.45) is 0.789. The van der Waals surface area contributed by atoms with Gasteiger partial charge >= 0.3 is 5.97 Å². The third-order valence-corrected chi connectivity index (χ3v) is 5.81. The van der Waals surface area contributed by atoms with E-state index in [9.17, 15) is 9.59 Å². The van der Waals surface area contributed by atoms with E-state index in [1.165, 1.54) is 4.70 Å². The largest absolute Gasteiger partial charge is 0.451 e. The highest BCUT2D eigenvalue weighted by Crippen LogP contribution is 2.24. The van der Waals surface area contributed by atoms with E-state index in [1.54, 1.807) is 18.3 Å². The Morgan fingerprint density at radius 3 is 2.76 bits per heavy atom. The Morgan fingerprint density at radius 2 is 2.03 bits per heavy atom. The summed E-state index contributed by atoms with van der Waals surface area (Å²) >= 11 is 1.69. The molecular weight excluding hydrogens is 388 g/mol. The van der Waals surface area contributed by atoms with Crippen LogP contribution in [0.1, 0.15) is 30.3 Å². The van der Waals surface area contributed by atoms with Crippen LogP contribution < -0.4 is 5.32 Å². The van der Waals surface area contributed by atoms with Gasteiger partial charge in [0.15, 0.2) is 12.2 Å². The molecule has 0 bridgehead atoms. The molecule has 2 heterocycles. The van der Waals surface area contributed by atoms with Crippen molar-refractivity contribution >= 4 is 39.1 Å². The zero-order chi connectivity index (χ0) is 20.2. The normalized spacial score (nSPS) is 17.2. The Hall–Kier alpha value is -2.77. The van der Waals surface area contributed by atoms with Crippen LogP contribution in [0.25, 0.3) is 10.2 Å². The number of rotatable bonds is 6. The lowest BCUT2D eigenvalue weighted by Crippen LogP contribution is -2.33. The van der Waals surface area contributed by atoms with Gasteiger partial charge in [-0.3, -0.25) is 4.79 Å². The molecular formula is C22H22N2O4S. The number of amides is 1. The van der Waals surface area contributed by atoms with E-state index in [-0.39, 0.29) is 5.91 Å². The van der Waals surface area contributed by atoms with Crippen LogP contribution in [0.15, 0.2) is 48.5 Å². The van der Waals surface area contributed by atoms with Gasteiger partial charge in [0.05, 0.1) is 15.2 Å². The standard InChI is InChI=1S/C22H22N2O4S/c1-14(28-22(26)18-6-4-12-27-18)21(25)23-16-10-8-15(9-11-16)13-20-24-17-5-2-3-7-19(17)29-20/h2-3,5,7-11,14,18H,4,6,12-13H2,1H3,(H,23,25)/t14-,18+/m0/s1. The van der Waals surface area contributed by atoms with Crippen molar-refractivity contribution in [2.45, 2.75) is 38.4 Å². The van der Waals surface area contributed by atoms with Gasteiger partial charge in [-0.25, -0.2) is 9.78 Å². The number of ether oxygens (including phenoxy) is 2. The number of fused-ring (bicyclic) bond motifs is 1. The number of carbonyl (C=O) groups is 2. The molecule has 0 radical (unpaired) electrons. The summed E-state index contributed by atoms with van der Waals surface area (Å²) < 4.78 is 11.7. The second-order valence-electron chi connectivity index (χ2n) is 7.02. The number of benzene rings is 2. The number of para-hydroxylation sites is 1. The van der Waals surface area contributed by atoms with E-state index in [2.05, 4.69) is 16.4 Å². The molecule has 1 amide bonds. The third-order valence-electron chi connectivity index (χ3n) is 4.77. The van der Waals surface area contributed by atoms with E-state index >= 15 is 0 Å². The molecule has 1 aliphatic rings. The molecule has 0 aliphatic carbocycles. The summed E-state index contributed by atoms with van der Waals surface area (Å²) in [7, 11) is 0. The SMILES string of the molecule is C[C@H](OC(=O)[C@H]1CCCO1)C(=O)Nc1ccc(Cc2nc3ccccc3s2)cc1. The van der Waals surface area contributed by atoms with Crippen molar-refractivity contribution in [1.82, 2.24) is 4.98 Å². The molecule has 29 heavy (non-hydrogen) atoms. The zero-order valence-corrected chi connectivity index (χ0v) is 16.9. The number of hydrogen-bond donors (Lipinski definition) is 1. The zero-order valence-electron chi connectivity index (χ0n) is 16.1. The molecule has 0 spiro atoms. The topological polar surface area (TPSA) is 77.5 Å². The lowest BCUT2D eigenvalue weighted by Gasteiger charge is -2.16. The van der Waals surface area contributed by atoms with Crippen molar-refractivity contribution in [2.24, 2.45) is 0 Å². The fourth-order valence-electron chi connectivity index (χ4n) is 3.19. The van der Waals surface area contributed by atoms with E-state index < -0.39 is 18.2 Å². The highest BCUT2D eigenvalue weighted by molar-refractivity contribution is 7.18. The first-order valence-electron chi connectivity index (χ1n) is 9.65. The molecule has 2 atom stereocenters. The number of hydrogen-bond acceptors (Lipinski definition) is 6. The van der Waals surface area contributed by atoms with Crippen molar-refractivity contribution in [2.75, 3.05) is 11.9 Å². The van der Waals surface area contributed by atoms with Gasteiger partial charge in [-0.2, -0.15) is 0 Å². The minimum Gasteiger partial charge on any atom is -0.451 e. The smallest absolute Gasteiger partial charge is 0.336 e. The van der Waals surface area contributed by atoms with Gasteiger partial charge in [0, 0.05) is 18.7 Å². The van der Waals surface area contributed by atoms with Crippen molar-refractivity contribution in [3.8, 4) is 0 Å². The first kappa shape index (κ1) is 19.5. The van der Waals surface area contributed by atoms with E-state index in [0.717, 1.165) is 28.9 Å². The Morgan fingerprint density at radius 1 is 1.24 bits per heavy atom. The van der Waals surface area contributed by atoms with E-state index in [0.29, 0.717) is 18.7 Å². The number of esters is 1. The van der Waals surface area contributed by atoms with Crippen LogP contribution in [-0.4, -0.2) is 35.7 Å². The maximum Gasteiger partial charge on any atom is 0.336 e. The number of thiazole rings is 1. The van der Waals surface area contributed by atoms with Crippen LogP contribution in [0.5, 0.6) is 0 Å². The average molecular weight is 410 g/mol. The summed E-state index contributed by atoms with van der Waals surface area (Å²) in [5.41, 5.74) is 2.78. The number of nitrogens with one attached hydrogen (secondary N) is 1. The Balaban J connectivity index is 1.32. The van der Waals surface area contributed by atoms with Gasteiger partial charge < -0.3 is 14.8 Å². The lowest BCUT2D eigenvalue weighted by atomic mass is 10.1. The molecule has 0 unspecified atom stereocenters. The molecule has 4 rings (SSSR count). The molecule has 1 aromatic heterocycles. The molecule has 6 nitrogen and oxygen atoms in total. The van der Waals surface area contributed by atoms with Crippen LogP contribution in [0.2, 0.25) is 0 Å². The van der Waals surface area contributed by atoms with Crippen molar-refractivity contribution < 1.29 is 19.1 Å². The number of anilines is 1. The fourth-order valence-corrected chi connectivity index (χ4v) is 4.19. The van der Waals surface area contributed by atoms with Gasteiger partial charge in [0.2, 0.25) is 0 Å². The molecule has 1 saturated heterocycles. The molecule has 7 heteroatoms. The predicted octanol–water partition coefficient (Wildman–Crippen LogP) is 3.94. The first-order valence-corrected chi connectivity index (χ1v) is 10.5. The maximum atomic E-state index is 12.3. The summed E-state index contributed by atoms with van der Waals surface area (Å²) in [5.74, 6) is -0.841. The minimum atomic E-state index is -0.880. The number of nitrogens with zero attached hydrogens (tertiary/aromatic N) is 1. The second kappa shape index (κ2) is 8.71. The Labute approximate surface area is 172 Å². The van der Waals surface area contributed by atoms with Gasteiger partial charge in [0.25, 0.3) is 5.91 Å².